The zero-order valence-electron chi connectivity index (χ0n) is 14.3. The van der Waals surface area contributed by atoms with Gasteiger partial charge >= 0.3 is 5.97 Å². The Morgan fingerprint density at radius 3 is 2.25 bits per heavy atom. The molecule has 0 aliphatic heterocycles. The molecule has 0 heterocycles. The molecule has 0 bridgehead atoms. The van der Waals surface area contributed by atoms with Crippen molar-refractivity contribution in [1.82, 2.24) is 5.06 Å². The lowest BCUT2D eigenvalue weighted by Crippen LogP contribution is -2.26. The maximum Gasteiger partial charge on any atom is 0.382 e. The zero-order valence-corrected chi connectivity index (χ0v) is 16.5. The molecule has 0 fully saturated rings. The first-order valence-electron chi connectivity index (χ1n) is 7.34. The summed E-state index contributed by atoms with van der Waals surface area (Å²) in [4.78, 5) is 42.5. The lowest BCUT2D eigenvalue weighted by atomic mass is 10.1. The summed E-state index contributed by atoms with van der Waals surface area (Å²) in [6.45, 7) is 1.16. The number of nitrogens with zero attached hydrogens (tertiary/aromatic N) is 2. The summed E-state index contributed by atoms with van der Waals surface area (Å²) in [5, 5.41) is 12.3. The highest BCUT2D eigenvalue weighted by Crippen LogP contribution is 2.39. The van der Waals surface area contributed by atoms with Crippen LogP contribution in [0, 0.1) is 10.1 Å². The summed E-state index contributed by atoms with van der Waals surface area (Å²) in [5.74, 6) is -1.75. The lowest BCUT2D eigenvalue weighted by molar-refractivity contribution is -0.386. The molecule has 0 saturated carbocycles. The summed E-state index contributed by atoms with van der Waals surface area (Å²) in [5.41, 5.74) is -1.06. The number of carbonyl (C=O) groups excluding carboxylic acids is 2. The van der Waals surface area contributed by atoms with Gasteiger partial charge in [0.25, 0.3) is 5.69 Å². The van der Waals surface area contributed by atoms with Crippen molar-refractivity contribution >= 4 is 52.4 Å². The highest BCUT2D eigenvalue weighted by molar-refractivity contribution is 6.40. The van der Waals surface area contributed by atoms with Crippen LogP contribution >= 0.6 is 34.8 Å². The number of ether oxygens (including phenoxy) is 1. The number of rotatable bonds is 6. The van der Waals surface area contributed by atoms with E-state index in [4.69, 9.17) is 39.5 Å². The van der Waals surface area contributed by atoms with E-state index in [0.717, 1.165) is 19.1 Å². The van der Waals surface area contributed by atoms with Gasteiger partial charge in [-0.1, -0.05) is 39.8 Å². The van der Waals surface area contributed by atoms with Crippen LogP contribution in [0.25, 0.3) is 0 Å². The lowest BCUT2D eigenvalue weighted by Gasteiger charge is -2.13. The van der Waals surface area contributed by atoms with E-state index in [1.54, 1.807) is 0 Å². The summed E-state index contributed by atoms with van der Waals surface area (Å²) in [6, 6.07) is 6.07. The van der Waals surface area contributed by atoms with Crippen LogP contribution < -0.4 is 4.74 Å². The molecule has 148 valence electrons. The minimum absolute atomic E-state index is 0.00333. The molecule has 0 atom stereocenters. The second kappa shape index (κ2) is 9.07. The van der Waals surface area contributed by atoms with E-state index in [0.29, 0.717) is 5.06 Å². The van der Waals surface area contributed by atoms with Crippen molar-refractivity contribution in [2.24, 2.45) is 0 Å². The molecular weight excluding hydrogens is 439 g/mol. The van der Waals surface area contributed by atoms with Crippen molar-refractivity contribution in [3.8, 4) is 11.5 Å². The van der Waals surface area contributed by atoms with Crippen LogP contribution in [-0.2, 0) is 14.7 Å². The third kappa shape index (κ3) is 5.23. The molecule has 0 spiro atoms. The van der Waals surface area contributed by atoms with Crippen molar-refractivity contribution < 1.29 is 29.1 Å². The predicted molar refractivity (Wildman–Crippen MR) is 99.6 cm³/mol. The van der Waals surface area contributed by atoms with E-state index in [-0.39, 0.29) is 26.6 Å². The third-order valence-electron chi connectivity index (χ3n) is 3.24. The van der Waals surface area contributed by atoms with Gasteiger partial charge in [0.05, 0.1) is 15.0 Å². The quantitative estimate of drug-likeness (QED) is 0.353. The zero-order chi connectivity index (χ0) is 21.0. The molecule has 12 heteroatoms. The summed E-state index contributed by atoms with van der Waals surface area (Å²) in [6.07, 6.45) is 0. The predicted octanol–water partition coefficient (Wildman–Crippen LogP) is 4.83. The average Bonchev–Trinajstić information content (AvgIpc) is 2.61. The van der Waals surface area contributed by atoms with Crippen LogP contribution in [0.1, 0.15) is 17.3 Å². The van der Waals surface area contributed by atoms with Crippen LogP contribution in [0.5, 0.6) is 11.5 Å². The third-order valence-corrected chi connectivity index (χ3v) is 4.02. The summed E-state index contributed by atoms with van der Waals surface area (Å²) in [7, 11) is 1.19. The Balaban J connectivity index is 2.34. The molecule has 0 N–H and O–H groups in total. The smallest absolute Gasteiger partial charge is 0.382 e. The Bertz CT molecular complexity index is 929. The second-order valence-electron chi connectivity index (χ2n) is 5.20. The molecule has 2 aromatic rings. The van der Waals surface area contributed by atoms with Gasteiger partial charge in [0.2, 0.25) is 5.91 Å². The van der Waals surface area contributed by atoms with Crippen LogP contribution in [0.3, 0.4) is 0 Å². The SMILES string of the molecule is CC(=O)N(C)OOC(=O)c1cc(Oc2c(Cl)cc(Cl)cc2Cl)ccc1[N+](=O)[O-]. The van der Waals surface area contributed by atoms with Gasteiger partial charge in [-0.05, 0) is 18.2 Å². The molecule has 1 amide bonds. The van der Waals surface area contributed by atoms with Gasteiger partial charge in [0, 0.05) is 31.1 Å². The number of nitro groups is 1. The van der Waals surface area contributed by atoms with Crippen molar-refractivity contribution in [3.63, 3.8) is 0 Å². The molecule has 2 rings (SSSR count). The number of hydrogen-bond donors (Lipinski definition) is 0. The molecule has 0 radical (unpaired) electrons. The Morgan fingerprint density at radius 1 is 1.11 bits per heavy atom. The van der Waals surface area contributed by atoms with Crippen LogP contribution in [-0.4, -0.2) is 28.9 Å². The minimum Gasteiger partial charge on any atom is -0.454 e. The maximum absolute atomic E-state index is 12.2. The highest BCUT2D eigenvalue weighted by Gasteiger charge is 2.25. The van der Waals surface area contributed by atoms with Crippen LogP contribution in [0.4, 0.5) is 5.69 Å². The molecule has 0 aliphatic rings. The maximum atomic E-state index is 12.2. The molecule has 0 aromatic heterocycles. The van der Waals surface area contributed by atoms with Gasteiger partial charge < -0.3 is 4.74 Å². The summed E-state index contributed by atoms with van der Waals surface area (Å²) >= 11 is 17.9. The fourth-order valence-corrected chi connectivity index (χ4v) is 2.73. The van der Waals surface area contributed by atoms with E-state index in [9.17, 15) is 19.7 Å². The standard InChI is InChI=1S/C16H11Cl3N2O7/c1-8(22)20(2)28-27-16(23)11-7-10(3-4-14(11)21(24)25)26-15-12(18)5-9(17)6-13(15)19/h3-7H,1-2H3. The second-order valence-corrected chi connectivity index (χ2v) is 6.45. The van der Waals surface area contributed by atoms with Gasteiger partial charge in [0.15, 0.2) is 5.75 Å². The van der Waals surface area contributed by atoms with E-state index >= 15 is 0 Å². The van der Waals surface area contributed by atoms with Crippen LogP contribution in [0.15, 0.2) is 30.3 Å². The van der Waals surface area contributed by atoms with Gasteiger partial charge in [-0.3, -0.25) is 19.8 Å². The van der Waals surface area contributed by atoms with Crippen molar-refractivity contribution in [3.05, 3.63) is 61.1 Å². The first kappa shape index (κ1) is 21.7. The minimum atomic E-state index is -1.22. The van der Waals surface area contributed by atoms with Crippen molar-refractivity contribution in [2.45, 2.75) is 6.92 Å². The number of halogens is 3. The number of nitro benzene ring substituents is 1. The van der Waals surface area contributed by atoms with E-state index < -0.39 is 28.1 Å². The first-order chi connectivity index (χ1) is 13.1. The molecule has 9 nitrogen and oxygen atoms in total. The fourth-order valence-electron chi connectivity index (χ4n) is 1.83. The largest absolute Gasteiger partial charge is 0.454 e. The first-order valence-corrected chi connectivity index (χ1v) is 8.47. The Hall–Kier alpha value is -2.59. The monoisotopic (exact) mass is 448 g/mol. The normalized spacial score (nSPS) is 10.3. The van der Waals surface area contributed by atoms with E-state index in [1.807, 2.05) is 0 Å². The van der Waals surface area contributed by atoms with Gasteiger partial charge in [-0.2, -0.15) is 5.06 Å². The highest BCUT2D eigenvalue weighted by atomic mass is 35.5. The summed E-state index contributed by atoms with van der Waals surface area (Å²) < 4.78 is 5.53. The topological polar surface area (TPSA) is 108 Å². The number of amides is 1. The molecule has 2 aromatic carbocycles. The number of hydroxylamine groups is 2. The number of carbonyl (C=O) groups is 2. The fraction of sp³-hybridized carbons (Fsp3) is 0.125. The van der Waals surface area contributed by atoms with Crippen molar-refractivity contribution in [2.75, 3.05) is 7.05 Å². The molecular formula is C16H11Cl3N2O7. The average molecular weight is 450 g/mol. The molecule has 0 unspecified atom stereocenters. The number of benzene rings is 2. The molecule has 28 heavy (non-hydrogen) atoms. The van der Waals surface area contributed by atoms with Crippen molar-refractivity contribution in [1.29, 1.82) is 0 Å². The van der Waals surface area contributed by atoms with Gasteiger partial charge in [-0.15, -0.1) is 0 Å². The Kier molecular flexibility index (Phi) is 7.03. The van der Waals surface area contributed by atoms with Crippen LogP contribution in [0.2, 0.25) is 15.1 Å². The van der Waals surface area contributed by atoms with E-state index in [1.165, 1.54) is 25.2 Å². The van der Waals surface area contributed by atoms with Gasteiger partial charge in [0.1, 0.15) is 11.3 Å². The Labute approximate surface area is 173 Å². The molecule has 0 saturated heterocycles. The Morgan fingerprint density at radius 2 is 1.71 bits per heavy atom. The van der Waals surface area contributed by atoms with E-state index in [2.05, 4.69) is 9.88 Å². The van der Waals surface area contributed by atoms with Gasteiger partial charge in [-0.25, -0.2) is 4.79 Å². The molecule has 0 aliphatic carbocycles. The number of hydrogen-bond acceptors (Lipinski definition) is 7.